The molecular formula is C56H65N6O12P. The molecule has 5 aliphatic heterocycles. The Hall–Kier alpha value is -6.50. The molecule has 0 bridgehead atoms. The number of aliphatic hydroxyl groups is 1. The van der Waals surface area contributed by atoms with Gasteiger partial charge in [0.15, 0.2) is 6.23 Å². The topological polar surface area (TPSA) is 194 Å². The van der Waals surface area contributed by atoms with Gasteiger partial charge >= 0.3 is 13.3 Å². The smallest absolute Gasteiger partial charge is 0.467 e. The summed E-state index contributed by atoms with van der Waals surface area (Å²) in [5.74, 6) is 1.09. The van der Waals surface area contributed by atoms with Gasteiger partial charge in [0.25, 0.3) is 11.5 Å². The zero-order chi connectivity index (χ0) is 52.2. The molecule has 0 radical (unpaired) electrons. The number of ether oxygens (including phenoxy) is 5. The number of fused-ring (bicyclic) bond motifs is 2. The Balaban J connectivity index is 1.19. The van der Waals surface area contributed by atoms with Crippen molar-refractivity contribution in [1.29, 1.82) is 0 Å². The normalized spacial score (nSPS) is 22.4. The van der Waals surface area contributed by atoms with Gasteiger partial charge in [-0.25, -0.2) is 20.2 Å². The van der Waals surface area contributed by atoms with Crippen molar-refractivity contribution in [3.8, 4) is 11.5 Å². The van der Waals surface area contributed by atoms with E-state index >= 15 is 4.57 Å². The van der Waals surface area contributed by atoms with Crippen LogP contribution in [0.1, 0.15) is 97.5 Å². The van der Waals surface area contributed by atoms with Crippen molar-refractivity contribution in [3.63, 3.8) is 0 Å². The third kappa shape index (κ3) is 9.85. The first-order valence-corrected chi connectivity index (χ1v) is 27.4. The van der Waals surface area contributed by atoms with Crippen LogP contribution in [0.2, 0.25) is 0 Å². The van der Waals surface area contributed by atoms with Crippen LogP contribution in [0.3, 0.4) is 0 Å². The average Bonchev–Trinajstić information content (AvgIpc) is 3.66. The van der Waals surface area contributed by atoms with Crippen LogP contribution in [0.4, 0.5) is 0 Å². The molecule has 19 heteroatoms. The third-order valence-electron chi connectivity index (χ3n) is 14.9. The number of nitrogens with one attached hydrogen (secondary N) is 2. The van der Waals surface area contributed by atoms with Crippen molar-refractivity contribution in [3.05, 3.63) is 187 Å². The molecule has 0 unspecified atom stereocenters. The van der Waals surface area contributed by atoms with Crippen molar-refractivity contribution in [2.24, 2.45) is 0 Å². The Labute approximate surface area is 435 Å². The molecule has 1 aromatic heterocycles. The lowest BCUT2D eigenvalue weighted by Crippen LogP contribution is -2.53. The van der Waals surface area contributed by atoms with E-state index in [2.05, 4.69) is 10.9 Å². The fraction of sp³-hybridized carbons (Fsp3) is 0.411. The van der Waals surface area contributed by atoms with Gasteiger partial charge in [-0.3, -0.25) is 14.2 Å². The highest BCUT2D eigenvalue weighted by Crippen LogP contribution is 2.69. The molecule has 5 aliphatic rings. The summed E-state index contributed by atoms with van der Waals surface area (Å²) in [6.07, 6.45) is 2.84. The molecule has 5 aromatic rings. The van der Waals surface area contributed by atoms with Crippen LogP contribution in [-0.4, -0.2) is 102 Å². The molecule has 6 heterocycles. The van der Waals surface area contributed by atoms with Gasteiger partial charge in [-0.2, -0.15) is 4.57 Å². The molecule has 4 atom stereocenters. The Morgan fingerprint density at radius 3 is 1.73 bits per heavy atom. The quantitative estimate of drug-likeness (QED) is 0.0648. The van der Waals surface area contributed by atoms with Gasteiger partial charge in [0.05, 0.1) is 32.2 Å². The Kier molecular flexibility index (Phi) is 15.5. The minimum absolute atomic E-state index is 0.0848. The second-order valence-electron chi connectivity index (χ2n) is 19.3. The molecule has 396 valence electrons. The molecule has 4 aromatic carbocycles. The van der Waals surface area contributed by atoms with Crippen LogP contribution >= 0.6 is 7.60 Å². The first kappa shape index (κ1) is 52.0. The van der Waals surface area contributed by atoms with Crippen molar-refractivity contribution in [1.82, 2.24) is 30.0 Å². The zero-order valence-electron chi connectivity index (χ0n) is 42.6. The van der Waals surface area contributed by atoms with Crippen molar-refractivity contribution < 1.29 is 47.2 Å². The zero-order valence-corrected chi connectivity index (χ0v) is 43.5. The molecule has 0 saturated carbocycles. The number of benzene rings is 4. The van der Waals surface area contributed by atoms with Crippen LogP contribution in [0.5, 0.6) is 11.5 Å². The number of hydrogen-bond donors (Lipinski definition) is 3. The third-order valence-corrected chi connectivity index (χ3v) is 17.2. The number of hydrazine groups is 2. The van der Waals surface area contributed by atoms with E-state index in [9.17, 15) is 19.5 Å². The molecule has 10 rings (SSSR count). The Bertz CT molecular complexity index is 2960. The van der Waals surface area contributed by atoms with E-state index in [-0.39, 0.29) is 5.56 Å². The summed E-state index contributed by atoms with van der Waals surface area (Å²) in [5.41, 5.74) is 7.21. The number of rotatable bonds is 16. The molecule has 18 nitrogen and oxygen atoms in total. The minimum atomic E-state index is -5.16. The van der Waals surface area contributed by atoms with Crippen LogP contribution in [0.25, 0.3) is 0 Å². The van der Waals surface area contributed by atoms with Crippen molar-refractivity contribution in [2.75, 3.05) is 54.1 Å². The fourth-order valence-electron chi connectivity index (χ4n) is 11.1. The number of aromatic nitrogens is 2. The summed E-state index contributed by atoms with van der Waals surface area (Å²) in [6.45, 7) is 2.32. The lowest BCUT2D eigenvalue weighted by molar-refractivity contribution is -0.106. The van der Waals surface area contributed by atoms with Crippen LogP contribution in [0, 0.1) is 0 Å². The minimum Gasteiger partial charge on any atom is -0.497 e. The van der Waals surface area contributed by atoms with Gasteiger partial charge < -0.3 is 47.9 Å². The van der Waals surface area contributed by atoms with E-state index in [0.717, 1.165) is 60.8 Å². The standard InChI is InChI=1S/C56H65N6O12P/c1-68-43-28-24-41(25-29-43)55(40-18-8-5-9-19-40,42-26-30-44(69-2)31-27-42)71-38-49-56(66,51(70-3)53(72-49)59-37-32-50(63)62(54(59)65)52(64)39-16-6-4-7-17-39)75(67,73-47-22-14-35-60-45(47)20-10-12-33-57-60)74-48-23-15-36-61-46(48)21-11-13-34-58-61/h4-9,16-19,24-32,37,49,51,53,57-58,66H,10-15,20-23,33-36,38H2,1-3H3/t49-,51+,53-,56+/m1/s1. The highest BCUT2D eigenvalue weighted by molar-refractivity contribution is 7.55. The summed E-state index contributed by atoms with van der Waals surface area (Å²) in [7, 11) is -0.694. The maximum Gasteiger partial charge on any atom is 0.467 e. The number of hydrogen-bond acceptors (Lipinski definition) is 16. The van der Waals surface area contributed by atoms with Gasteiger partial charge in [0.2, 0.25) is 5.34 Å². The number of nitrogens with zero attached hydrogens (tertiary/aromatic N) is 4. The first-order valence-electron chi connectivity index (χ1n) is 25.8. The highest BCUT2D eigenvalue weighted by Gasteiger charge is 2.72. The van der Waals surface area contributed by atoms with E-state index in [1.807, 2.05) is 88.9 Å². The Morgan fingerprint density at radius 1 is 0.693 bits per heavy atom. The van der Waals surface area contributed by atoms with Gasteiger partial charge in [0, 0.05) is 64.0 Å². The van der Waals surface area contributed by atoms with Gasteiger partial charge in [-0.05, 0) is 104 Å². The van der Waals surface area contributed by atoms with Gasteiger partial charge in [0.1, 0.15) is 40.8 Å². The number of allylic oxidation sites excluding steroid dienone is 4. The summed E-state index contributed by atoms with van der Waals surface area (Å²) in [5, 5.41) is 15.6. The van der Waals surface area contributed by atoms with E-state index in [1.54, 1.807) is 32.4 Å². The van der Waals surface area contributed by atoms with Gasteiger partial charge in [-0.1, -0.05) is 72.8 Å². The maximum absolute atomic E-state index is 17.2. The lowest BCUT2D eigenvalue weighted by atomic mass is 9.80. The fourth-order valence-corrected chi connectivity index (χ4v) is 13.4. The summed E-state index contributed by atoms with van der Waals surface area (Å²) < 4.78 is 64.7. The Morgan fingerprint density at radius 2 is 1.21 bits per heavy atom. The predicted molar refractivity (Wildman–Crippen MR) is 278 cm³/mol. The van der Waals surface area contributed by atoms with Crippen molar-refractivity contribution in [2.45, 2.75) is 93.6 Å². The average molecular weight is 1050 g/mol. The molecule has 0 aliphatic carbocycles. The first-order chi connectivity index (χ1) is 36.5. The maximum atomic E-state index is 17.2. The number of carbonyl (C=O) groups excluding carboxylic acids is 1. The molecule has 3 N–H and O–H groups in total. The monoisotopic (exact) mass is 1040 g/mol. The highest BCUT2D eigenvalue weighted by atomic mass is 31.2. The number of carbonyl (C=O) groups is 1. The molecule has 0 amide bonds. The molecule has 75 heavy (non-hydrogen) atoms. The predicted octanol–water partition coefficient (Wildman–Crippen LogP) is 7.54. The van der Waals surface area contributed by atoms with Crippen LogP contribution < -0.4 is 31.6 Å². The number of methoxy groups -OCH3 is 3. The molecule has 3 fully saturated rings. The van der Waals surface area contributed by atoms with Crippen molar-refractivity contribution >= 4 is 13.5 Å². The summed E-state index contributed by atoms with van der Waals surface area (Å²) in [4.78, 5) is 42.5. The van der Waals surface area contributed by atoms with E-state index in [4.69, 9.17) is 32.7 Å². The van der Waals surface area contributed by atoms with E-state index in [1.165, 1.54) is 25.4 Å². The van der Waals surface area contributed by atoms with E-state index < -0.39 is 60.7 Å². The second kappa shape index (κ2) is 22.4. The van der Waals surface area contributed by atoms with Gasteiger partial charge in [-0.15, -0.1) is 0 Å². The molecule has 0 spiro atoms. The summed E-state index contributed by atoms with van der Waals surface area (Å²) in [6, 6.07) is 33.4. The molecular weight excluding hydrogens is 980 g/mol. The van der Waals surface area contributed by atoms with Crippen LogP contribution in [0.15, 0.2) is 154 Å². The SMILES string of the molecule is COc1ccc(C(OC[C@H]2O[C@@H](n3ccc(=O)n(C(=O)c4ccccc4)c3=O)[C@H](OC)[C@@]2(O)P(=O)(OC2=C3CCCCNN3CCC2)OC2=C3CCCCNN3CCC2)(c2ccccc2)c2ccc(OC)cc2)cc1. The molecule has 3 saturated heterocycles. The largest absolute Gasteiger partial charge is 0.497 e. The van der Waals surface area contributed by atoms with Crippen LogP contribution in [-0.2, 0) is 33.4 Å². The van der Waals surface area contributed by atoms with E-state index in [0.29, 0.717) is 95.9 Å². The summed E-state index contributed by atoms with van der Waals surface area (Å²) >= 11 is 0. The second-order valence-corrected chi connectivity index (χ2v) is 21.4. The lowest BCUT2D eigenvalue weighted by Gasteiger charge is -2.42.